The van der Waals surface area contributed by atoms with Gasteiger partial charge in [-0.2, -0.15) is 0 Å². The summed E-state index contributed by atoms with van der Waals surface area (Å²) < 4.78 is 12.5. The molecule has 1 aromatic carbocycles. The van der Waals surface area contributed by atoms with Gasteiger partial charge >= 0.3 is 5.97 Å². The number of nitrogens with one attached hydrogen (secondary N) is 1. The highest BCUT2D eigenvalue weighted by Gasteiger charge is 2.33. The van der Waals surface area contributed by atoms with Crippen molar-refractivity contribution in [3.05, 3.63) is 21.7 Å². The first kappa shape index (κ1) is 14.7. The number of carboxylic acids is 1. The monoisotopic (exact) mass is 355 g/mol. The molecule has 0 aliphatic carbocycles. The Hall–Kier alpha value is -1.27. The highest BCUT2D eigenvalue weighted by Crippen LogP contribution is 2.43. The van der Waals surface area contributed by atoms with Crippen LogP contribution in [0.5, 0.6) is 11.5 Å². The summed E-state index contributed by atoms with van der Waals surface area (Å²) in [7, 11) is 0. The molecular weight excluding hydrogens is 338 g/mol. The van der Waals surface area contributed by atoms with Gasteiger partial charge in [0.1, 0.15) is 0 Å². The van der Waals surface area contributed by atoms with Gasteiger partial charge in [-0.3, -0.25) is 4.79 Å². The zero-order valence-corrected chi connectivity index (χ0v) is 13.4. The van der Waals surface area contributed by atoms with Gasteiger partial charge in [0.25, 0.3) is 0 Å². The Morgan fingerprint density at radius 2 is 2.19 bits per heavy atom. The van der Waals surface area contributed by atoms with E-state index in [0.29, 0.717) is 26.2 Å². The van der Waals surface area contributed by atoms with Gasteiger partial charge in [0, 0.05) is 29.0 Å². The van der Waals surface area contributed by atoms with Crippen LogP contribution >= 0.6 is 15.9 Å². The molecule has 5 nitrogen and oxygen atoms in total. The lowest BCUT2D eigenvalue weighted by Gasteiger charge is -2.20. The van der Waals surface area contributed by atoms with E-state index in [0.717, 1.165) is 33.5 Å². The number of hydrogen-bond acceptors (Lipinski definition) is 4. The van der Waals surface area contributed by atoms with Gasteiger partial charge < -0.3 is 19.9 Å². The van der Waals surface area contributed by atoms with Crippen molar-refractivity contribution in [1.82, 2.24) is 5.32 Å². The molecule has 114 valence electrons. The third-order valence-electron chi connectivity index (χ3n) is 4.10. The van der Waals surface area contributed by atoms with Crippen molar-refractivity contribution >= 4 is 21.9 Å². The Labute approximate surface area is 131 Å². The lowest BCUT2D eigenvalue weighted by atomic mass is 9.95. The normalized spacial score (nSPS) is 24.7. The number of carbonyl (C=O) groups is 1. The van der Waals surface area contributed by atoms with Gasteiger partial charge in [-0.15, -0.1) is 0 Å². The van der Waals surface area contributed by atoms with Gasteiger partial charge in [0.2, 0.25) is 0 Å². The van der Waals surface area contributed by atoms with Crippen molar-refractivity contribution in [2.24, 2.45) is 5.92 Å². The zero-order chi connectivity index (χ0) is 15.0. The molecular formula is C15H18BrNO4. The van der Waals surface area contributed by atoms with Gasteiger partial charge in [-0.05, 0) is 25.0 Å². The highest BCUT2D eigenvalue weighted by molar-refractivity contribution is 9.10. The average Bonchev–Trinajstić information content (AvgIpc) is 2.79. The van der Waals surface area contributed by atoms with Gasteiger partial charge in [-0.1, -0.05) is 15.9 Å². The number of hydrogen-bond donors (Lipinski definition) is 2. The molecule has 2 aliphatic rings. The minimum Gasteiger partial charge on any atom is -0.490 e. The van der Waals surface area contributed by atoms with Gasteiger partial charge in [0.05, 0.1) is 19.1 Å². The van der Waals surface area contributed by atoms with Crippen LogP contribution in [0.3, 0.4) is 0 Å². The molecule has 0 bridgehead atoms. The lowest BCUT2D eigenvalue weighted by Crippen LogP contribution is -2.18. The van der Waals surface area contributed by atoms with Crippen molar-refractivity contribution in [2.75, 3.05) is 19.8 Å². The maximum absolute atomic E-state index is 11.1. The fourth-order valence-electron chi connectivity index (χ4n) is 3.02. The summed E-state index contributed by atoms with van der Waals surface area (Å²) in [6.45, 7) is 3.80. The Morgan fingerprint density at radius 3 is 2.90 bits per heavy atom. The SMILES string of the molecule is Cc1c2c(cc(Br)c1C1CC(C(=O)O)CN1)OCCCO2. The maximum Gasteiger partial charge on any atom is 0.307 e. The summed E-state index contributed by atoms with van der Waals surface area (Å²) in [5, 5.41) is 12.5. The topological polar surface area (TPSA) is 67.8 Å². The Bertz CT molecular complexity index is 575. The second-order valence-electron chi connectivity index (χ2n) is 5.51. The summed E-state index contributed by atoms with van der Waals surface area (Å²) in [4.78, 5) is 11.1. The Morgan fingerprint density at radius 1 is 1.43 bits per heavy atom. The fraction of sp³-hybridized carbons (Fsp3) is 0.533. The van der Waals surface area contributed by atoms with Crippen molar-refractivity contribution in [1.29, 1.82) is 0 Å². The minimum absolute atomic E-state index is 0.0256. The summed E-state index contributed by atoms with van der Waals surface area (Å²) in [5.41, 5.74) is 2.09. The fourth-order valence-corrected chi connectivity index (χ4v) is 3.80. The summed E-state index contributed by atoms with van der Waals surface area (Å²) in [6.07, 6.45) is 1.46. The molecule has 3 rings (SSSR count). The molecule has 6 heteroatoms. The second-order valence-corrected chi connectivity index (χ2v) is 6.36. The highest BCUT2D eigenvalue weighted by atomic mass is 79.9. The minimum atomic E-state index is -0.742. The van der Waals surface area contributed by atoms with Crippen molar-refractivity contribution in [2.45, 2.75) is 25.8 Å². The van der Waals surface area contributed by atoms with Crippen LogP contribution in [0.25, 0.3) is 0 Å². The molecule has 0 radical (unpaired) electrons. The van der Waals surface area contributed by atoms with Crippen molar-refractivity contribution < 1.29 is 19.4 Å². The van der Waals surface area contributed by atoms with Crippen LogP contribution in [-0.4, -0.2) is 30.8 Å². The number of carboxylic acid groups (broad SMARTS) is 1. The molecule has 2 aliphatic heterocycles. The zero-order valence-electron chi connectivity index (χ0n) is 11.8. The van der Waals surface area contributed by atoms with Crippen LogP contribution in [0.2, 0.25) is 0 Å². The number of aliphatic carboxylic acids is 1. The molecule has 21 heavy (non-hydrogen) atoms. The lowest BCUT2D eigenvalue weighted by molar-refractivity contribution is -0.141. The van der Waals surface area contributed by atoms with Gasteiger partial charge in [0.15, 0.2) is 11.5 Å². The van der Waals surface area contributed by atoms with E-state index in [9.17, 15) is 4.79 Å². The smallest absolute Gasteiger partial charge is 0.307 e. The number of rotatable bonds is 2. The van der Waals surface area contributed by atoms with Crippen LogP contribution in [0.15, 0.2) is 10.5 Å². The Balaban J connectivity index is 1.96. The molecule has 2 N–H and O–H groups in total. The van der Waals surface area contributed by atoms with E-state index in [1.165, 1.54) is 0 Å². The molecule has 2 unspecified atom stereocenters. The number of ether oxygens (including phenoxy) is 2. The summed E-state index contributed by atoms with van der Waals surface area (Å²) in [6, 6.07) is 1.95. The predicted molar refractivity (Wildman–Crippen MR) is 81.0 cm³/mol. The molecule has 0 spiro atoms. The maximum atomic E-state index is 11.1. The second kappa shape index (κ2) is 5.85. The van der Waals surface area contributed by atoms with Crippen LogP contribution in [0.1, 0.15) is 30.0 Å². The molecule has 0 saturated carbocycles. The van der Waals surface area contributed by atoms with E-state index in [1.54, 1.807) is 0 Å². The van der Waals surface area contributed by atoms with Crippen LogP contribution in [-0.2, 0) is 4.79 Å². The van der Waals surface area contributed by atoms with E-state index in [-0.39, 0.29) is 12.0 Å². The molecule has 0 amide bonds. The molecule has 2 atom stereocenters. The third-order valence-corrected chi connectivity index (χ3v) is 4.76. The molecule has 0 aromatic heterocycles. The van der Waals surface area contributed by atoms with E-state index < -0.39 is 5.97 Å². The van der Waals surface area contributed by atoms with E-state index in [4.69, 9.17) is 14.6 Å². The van der Waals surface area contributed by atoms with Crippen LogP contribution in [0, 0.1) is 12.8 Å². The third kappa shape index (κ3) is 2.74. The number of fused-ring (bicyclic) bond motifs is 1. The first-order valence-electron chi connectivity index (χ1n) is 7.12. The standard InChI is InChI=1S/C15H18BrNO4/c1-8-13(11-5-9(7-17-11)15(18)19)10(16)6-12-14(8)21-4-2-3-20-12/h6,9,11,17H,2-5,7H2,1H3,(H,18,19). The number of benzene rings is 1. The molecule has 1 saturated heterocycles. The first-order valence-corrected chi connectivity index (χ1v) is 7.92. The predicted octanol–water partition coefficient (Wildman–Crippen LogP) is 2.65. The van der Waals surface area contributed by atoms with Crippen molar-refractivity contribution in [3.8, 4) is 11.5 Å². The Kier molecular flexibility index (Phi) is 4.08. The summed E-state index contributed by atoms with van der Waals surface area (Å²) >= 11 is 3.60. The summed E-state index contributed by atoms with van der Waals surface area (Å²) in [5.74, 6) is 0.463. The van der Waals surface area contributed by atoms with E-state index in [1.807, 2.05) is 13.0 Å². The van der Waals surface area contributed by atoms with Gasteiger partial charge in [-0.25, -0.2) is 0 Å². The molecule has 2 heterocycles. The molecule has 1 fully saturated rings. The average molecular weight is 356 g/mol. The first-order chi connectivity index (χ1) is 10.1. The van der Waals surface area contributed by atoms with Crippen molar-refractivity contribution in [3.63, 3.8) is 0 Å². The number of halogens is 1. The molecule has 1 aromatic rings. The van der Waals surface area contributed by atoms with Crippen LogP contribution in [0.4, 0.5) is 0 Å². The quantitative estimate of drug-likeness (QED) is 0.853. The van der Waals surface area contributed by atoms with E-state index in [2.05, 4.69) is 21.2 Å². The van der Waals surface area contributed by atoms with E-state index >= 15 is 0 Å². The largest absolute Gasteiger partial charge is 0.490 e. The van der Waals surface area contributed by atoms with Crippen LogP contribution < -0.4 is 14.8 Å².